The first kappa shape index (κ1) is 22.3. The number of Topliss-reactive ketones (excluding diaryl/α,β-unsaturated/α-hetero) is 1. The average Bonchev–Trinajstić information content (AvgIpc) is 2.72. The molecule has 0 fully saturated rings. The molecule has 0 unspecified atom stereocenters. The minimum Gasteiger partial charge on any atom is -0.452 e. The third kappa shape index (κ3) is 6.51. The topological polar surface area (TPSA) is 119 Å². The Morgan fingerprint density at radius 2 is 1.72 bits per heavy atom. The zero-order valence-electron chi connectivity index (χ0n) is 16.0. The minimum absolute atomic E-state index is 0.0125. The van der Waals surface area contributed by atoms with E-state index < -0.39 is 34.5 Å². The highest BCUT2D eigenvalue weighted by molar-refractivity contribution is 7.89. The van der Waals surface area contributed by atoms with Crippen molar-refractivity contribution in [3.05, 3.63) is 65.7 Å². The van der Waals surface area contributed by atoms with Gasteiger partial charge in [0.25, 0.3) is 5.91 Å². The Morgan fingerprint density at radius 3 is 2.34 bits per heavy atom. The molecule has 2 N–H and O–H groups in total. The number of carbonyl (C=O) groups excluding carboxylic acids is 3. The fourth-order valence-corrected chi connectivity index (χ4v) is 3.28. The monoisotopic (exact) mass is 418 g/mol. The van der Waals surface area contributed by atoms with Gasteiger partial charge in [-0.15, -0.1) is 0 Å². The van der Waals surface area contributed by atoms with Crippen LogP contribution in [0.3, 0.4) is 0 Å². The molecule has 0 heterocycles. The highest BCUT2D eigenvalue weighted by Gasteiger charge is 2.20. The van der Waals surface area contributed by atoms with Crippen molar-refractivity contribution >= 4 is 27.7 Å². The smallest absolute Gasteiger partial charge is 0.338 e. The molecule has 0 bridgehead atoms. The molecule has 2 aromatic rings. The Kier molecular flexibility index (Phi) is 7.63. The first-order valence-corrected chi connectivity index (χ1v) is 10.3. The zero-order valence-corrected chi connectivity index (χ0v) is 16.9. The molecule has 1 atom stereocenters. The molecule has 0 saturated heterocycles. The van der Waals surface area contributed by atoms with E-state index in [-0.39, 0.29) is 16.2 Å². The van der Waals surface area contributed by atoms with Crippen LogP contribution in [0, 0.1) is 0 Å². The van der Waals surface area contributed by atoms with Crippen molar-refractivity contribution in [2.45, 2.75) is 24.3 Å². The summed E-state index contributed by atoms with van der Waals surface area (Å²) < 4.78 is 30.7. The van der Waals surface area contributed by atoms with Crippen molar-refractivity contribution in [3.63, 3.8) is 0 Å². The van der Waals surface area contributed by atoms with Gasteiger partial charge in [-0.25, -0.2) is 17.9 Å². The number of sulfonamides is 1. The van der Waals surface area contributed by atoms with Gasteiger partial charge in [0, 0.05) is 0 Å². The molecule has 154 valence electrons. The lowest BCUT2D eigenvalue weighted by atomic mass is 10.0. The van der Waals surface area contributed by atoms with Crippen molar-refractivity contribution < 1.29 is 27.5 Å². The van der Waals surface area contributed by atoms with Crippen LogP contribution in [0.25, 0.3) is 0 Å². The highest BCUT2D eigenvalue weighted by Crippen LogP contribution is 2.12. The molecule has 2 rings (SSSR count). The summed E-state index contributed by atoms with van der Waals surface area (Å²) >= 11 is 0. The van der Waals surface area contributed by atoms with Gasteiger partial charge in [0.2, 0.25) is 10.0 Å². The Morgan fingerprint density at radius 1 is 1.03 bits per heavy atom. The number of ether oxygens (including phenoxy) is 1. The van der Waals surface area contributed by atoms with Crippen LogP contribution < -0.4 is 10.0 Å². The van der Waals surface area contributed by atoms with Crippen LogP contribution in [0.15, 0.2) is 59.5 Å². The summed E-state index contributed by atoms with van der Waals surface area (Å²) in [6.07, 6.45) is 0.319. The molecule has 0 aliphatic heterocycles. The van der Waals surface area contributed by atoms with Gasteiger partial charge < -0.3 is 10.1 Å². The van der Waals surface area contributed by atoms with E-state index in [1.807, 2.05) is 30.3 Å². The maximum absolute atomic E-state index is 12.1. The van der Waals surface area contributed by atoms with Gasteiger partial charge in [-0.05, 0) is 44.2 Å². The molecule has 2 aromatic carbocycles. The van der Waals surface area contributed by atoms with Crippen LogP contribution in [-0.4, -0.2) is 45.8 Å². The molecular formula is C20H22N2O6S. The Labute approximate surface area is 169 Å². The number of esters is 1. The van der Waals surface area contributed by atoms with Gasteiger partial charge in [-0.3, -0.25) is 9.59 Å². The van der Waals surface area contributed by atoms with E-state index in [1.165, 1.54) is 32.2 Å². The van der Waals surface area contributed by atoms with E-state index in [1.54, 1.807) is 0 Å². The summed E-state index contributed by atoms with van der Waals surface area (Å²) in [6.45, 7) is 0.772. The summed E-state index contributed by atoms with van der Waals surface area (Å²) in [5.41, 5.74) is 0.870. The van der Waals surface area contributed by atoms with Gasteiger partial charge in [-0.1, -0.05) is 36.4 Å². The second-order valence-electron chi connectivity index (χ2n) is 6.23. The molecule has 0 radical (unpaired) electrons. The first-order chi connectivity index (χ1) is 13.7. The summed E-state index contributed by atoms with van der Waals surface area (Å²) in [5, 5.41) is 2.54. The Bertz CT molecular complexity index is 989. The van der Waals surface area contributed by atoms with E-state index in [0.29, 0.717) is 6.42 Å². The van der Waals surface area contributed by atoms with Crippen LogP contribution in [0.2, 0.25) is 0 Å². The van der Waals surface area contributed by atoms with E-state index in [4.69, 9.17) is 4.74 Å². The first-order valence-electron chi connectivity index (χ1n) is 8.77. The zero-order chi connectivity index (χ0) is 21.4. The van der Waals surface area contributed by atoms with Crippen LogP contribution in [0.5, 0.6) is 0 Å². The number of rotatable bonds is 9. The normalized spacial score (nSPS) is 12.1. The van der Waals surface area contributed by atoms with Crippen molar-refractivity contribution in [3.8, 4) is 0 Å². The number of ketones is 1. The third-order valence-electron chi connectivity index (χ3n) is 4.09. The lowest BCUT2D eigenvalue weighted by Gasteiger charge is -2.16. The summed E-state index contributed by atoms with van der Waals surface area (Å²) in [5.74, 6) is -1.71. The number of nitrogens with one attached hydrogen (secondary N) is 2. The van der Waals surface area contributed by atoms with Crippen LogP contribution in [-0.2, 0) is 30.8 Å². The lowest BCUT2D eigenvalue weighted by molar-refractivity contribution is -0.128. The third-order valence-corrected chi connectivity index (χ3v) is 5.50. The molecule has 0 spiro atoms. The number of hydrogen-bond acceptors (Lipinski definition) is 6. The largest absolute Gasteiger partial charge is 0.452 e. The fraction of sp³-hybridized carbons (Fsp3) is 0.250. The molecule has 0 aromatic heterocycles. The van der Waals surface area contributed by atoms with E-state index >= 15 is 0 Å². The van der Waals surface area contributed by atoms with Crippen molar-refractivity contribution in [2.75, 3.05) is 13.7 Å². The SMILES string of the molecule is CNS(=O)(=O)c1cccc(C(=O)OCC(=O)N[C@H](Cc2ccccc2)C(C)=O)c1. The van der Waals surface area contributed by atoms with Crippen LogP contribution in [0.1, 0.15) is 22.8 Å². The van der Waals surface area contributed by atoms with Gasteiger partial charge in [0.15, 0.2) is 12.4 Å². The van der Waals surface area contributed by atoms with Crippen LogP contribution in [0.4, 0.5) is 0 Å². The molecule has 0 saturated carbocycles. The molecule has 0 aliphatic carbocycles. The number of benzene rings is 2. The maximum atomic E-state index is 12.1. The standard InChI is InChI=1S/C20H22N2O6S/c1-14(23)18(11-15-7-4-3-5-8-15)22-19(24)13-28-20(25)16-9-6-10-17(12-16)29(26,27)21-2/h3-10,12,18,21H,11,13H2,1-2H3,(H,22,24)/t18-/m1/s1. The fourth-order valence-electron chi connectivity index (χ4n) is 2.50. The summed E-state index contributed by atoms with van der Waals surface area (Å²) in [7, 11) is -2.46. The molecule has 0 aliphatic rings. The van der Waals surface area contributed by atoms with Crippen molar-refractivity contribution in [1.29, 1.82) is 0 Å². The summed E-state index contributed by atoms with van der Waals surface area (Å²) in [6, 6.07) is 13.7. The lowest BCUT2D eigenvalue weighted by Crippen LogP contribution is -2.43. The highest BCUT2D eigenvalue weighted by atomic mass is 32.2. The Hall–Kier alpha value is -3.04. The quantitative estimate of drug-likeness (QED) is 0.588. The van der Waals surface area contributed by atoms with Gasteiger partial charge in [0.05, 0.1) is 16.5 Å². The number of carbonyl (C=O) groups is 3. The maximum Gasteiger partial charge on any atom is 0.338 e. The number of hydrogen-bond donors (Lipinski definition) is 2. The molecule has 8 nitrogen and oxygen atoms in total. The van der Waals surface area contributed by atoms with Crippen molar-refractivity contribution in [2.24, 2.45) is 0 Å². The van der Waals surface area contributed by atoms with Gasteiger partial charge in [-0.2, -0.15) is 0 Å². The van der Waals surface area contributed by atoms with Crippen molar-refractivity contribution in [1.82, 2.24) is 10.0 Å². The van der Waals surface area contributed by atoms with Gasteiger partial charge >= 0.3 is 5.97 Å². The number of amides is 1. The summed E-state index contributed by atoms with van der Waals surface area (Å²) in [4.78, 5) is 36.0. The van der Waals surface area contributed by atoms with Gasteiger partial charge in [0.1, 0.15) is 0 Å². The second kappa shape index (κ2) is 9.94. The molecule has 1 amide bonds. The molecular weight excluding hydrogens is 396 g/mol. The van der Waals surface area contributed by atoms with Crippen LogP contribution >= 0.6 is 0 Å². The Balaban J connectivity index is 1.96. The predicted molar refractivity (Wildman–Crippen MR) is 106 cm³/mol. The van der Waals surface area contributed by atoms with E-state index in [2.05, 4.69) is 10.0 Å². The van der Waals surface area contributed by atoms with E-state index in [9.17, 15) is 22.8 Å². The molecule has 9 heteroatoms. The average molecular weight is 418 g/mol. The predicted octanol–water partition coefficient (Wildman–Crippen LogP) is 1.07. The van der Waals surface area contributed by atoms with E-state index in [0.717, 1.165) is 11.6 Å². The molecule has 29 heavy (non-hydrogen) atoms. The minimum atomic E-state index is -3.72. The second-order valence-corrected chi connectivity index (χ2v) is 8.12.